The van der Waals surface area contributed by atoms with Crippen LogP contribution < -0.4 is 20.5 Å². The minimum Gasteiger partial charge on any atom is -0.461 e. The van der Waals surface area contributed by atoms with Gasteiger partial charge < -0.3 is 24.2 Å². The van der Waals surface area contributed by atoms with Gasteiger partial charge in [0.15, 0.2) is 23.2 Å². The van der Waals surface area contributed by atoms with Gasteiger partial charge in [-0.3, -0.25) is 18.9 Å². The molecule has 0 radical (unpaired) electrons. The molecule has 2 aromatic heterocycles. The SMILES string of the molecule is CCN(N)c1ncnc2c1ncn2C1OC(COP(=O)(NC(C)(C)C(=O)OC2CCC2)Oc2ccc(Cl)cc2)[C@@H](O)[C@@]1(C)O. The maximum atomic E-state index is 14.2. The number of hydrazine groups is 1. The van der Waals surface area contributed by atoms with E-state index in [1.807, 2.05) is 6.92 Å². The first-order chi connectivity index (χ1) is 20.7. The van der Waals surface area contributed by atoms with Crippen molar-refractivity contribution in [3.05, 3.63) is 41.9 Å². The summed E-state index contributed by atoms with van der Waals surface area (Å²) in [5.41, 5.74) is -2.67. The first kappa shape index (κ1) is 32.5. The van der Waals surface area contributed by atoms with Gasteiger partial charge in [-0.05, 0) is 71.2 Å². The molecule has 0 amide bonds. The van der Waals surface area contributed by atoms with Crippen LogP contribution in [-0.4, -0.2) is 78.3 Å². The molecule has 240 valence electrons. The number of carbonyl (C=O) groups excluding carboxylic acids is 1. The van der Waals surface area contributed by atoms with Crippen LogP contribution in [0.4, 0.5) is 5.82 Å². The molecule has 3 unspecified atom stereocenters. The number of rotatable bonds is 12. The van der Waals surface area contributed by atoms with Gasteiger partial charge in [-0.15, -0.1) is 0 Å². The summed E-state index contributed by atoms with van der Waals surface area (Å²) in [4.78, 5) is 25.8. The Balaban J connectivity index is 1.37. The fourth-order valence-corrected chi connectivity index (χ4v) is 6.62. The molecule has 1 aliphatic carbocycles. The fourth-order valence-electron chi connectivity index (χ4n) is 4.81. The molecule has 44 heavy (non-hydrogen) atoms. The Bertz CT molecular complexity index is 1530. The molecular weight excluding hydrogens is 617 g/mol. The quantitative estimate of drug-likeness (QED) is 0.0963. The van der Waals surface area contributed by atoms with Crippen LogP contribution in [0.15, 0.2) is 36.9 Å². The van der Waals surface area contributed by atoms with Crippen LogP contribution in [0, 0.1) is 0 Å². The van der Waals surface area contributed by atoms with Crippen LogP contribution in [0.1, 0.15) is 53.2 Å². The van der Waals surface area contributed by atoms with E-state index in [-0.39, 0.29) is 11.9 Å². The van der Waals surface area contributed by atoms with Crippen LogP contribution in [-0.2, 0) is 23.4 Å². The number of anilines is 1. The van der Waals surface area contributed by atoms with E-state index in [0.29, 0.717) is 28.5 Å². The second-order valence-corrected chi connectivity index (χ2v) is 13.6. The molecular formula is C27H37ClN7O8P. The molecule has 17 heteroatoms. The van der Waals surface area contributed by atoms with Crippen LogP contribution in [0.25, 0.3) is 11.2 Å². The number of halogens is 1. The third kappa shape index (κ3) is 6.56. The Kier molecular flexibility index (Phi) is 9.23. The minimum absolute atomic E-state index is 0.146. The van der Waals surface area contributed by atoms with Crippen LogP contribution >= 0.6 is 19.3 Å². The molecule has 2 aliphatic rings. The fraction of sp³-hybridized carbons (Fsp3) is 0.556. The zero-order chi connectivity index (χ0) is 31.9. The Morgan fingerprint density at radius 1 is 1.30 bits per heavy atom. The number of aromatic nitrogens is 4. The summed E-state index contributed by atoms with van der Waals surface area (Å²) >= 11 is 5.99. The molecule has 15 nitrogen and oxygen atoms in total. The topological polar surface area (TPSA) is 196 Å². The number of nitrogens with two attached hydrogens (primary N) is 1. The van der Waals surface area contributed by atoms with Gasteiger partial charge in [0.1, 0.15) is 41.5 Å². The number of aliphatic hydroxyl groups excluding tert-OH is 1. The molecule has 1 saturated heterocycles. The van der Waals surface area contributed by atoms with Gasteiger partial charge >= 0.3 is 13.7 Å². The number of benzene rings is 1. The molecule has 5 rings (SSSR count). The van der Waals surface area contributed by atoms with Gasteiger partial charge in [0, 0.05) is 11.6 Å². The van der Waals surface area contributed by atoms with Gasteiger partial charge in [-0.2, -0.15) is 5.09 Å². The number of nitrogens with zero attached hydrogens (tertiary/aromatic N) is 5. The van der Waals surface area contributed by atoms with Crippen molar-refractivity contribution < 1.29 is 38.1 Å². The summed E-state index contributed by atoms with van der Waals surface area (Å²) in [6.45, 7) is 6.18. The lowest BCUT2D eigenvalue weighted by molar-refractivity contribution is -0.159. The van der Waals surface area contributed by atoms with Gasteiger partial charge in [0.25, 0.3) is 0 Å². The summed E-state index contributed by atoms with van der Waals surface area (Å²) < 4.78 is 38.7. The summed E-state index contributed by atoms with van der Waals surface area (Å²) in [6, 6.07) is 6.06. The molecule has 3 heterocycles. The standard InChI is InChI=1S/C27H37ClN7O8P/c1-5-35(29)23-20-22(30-14-31-23)34(15-32-20)24-27(4,38)21(36)19(42-24)13-40-44(39,43-18-11-9-16(28)10-12-18)33-26(2,3)25(37)41-17-7-6-8-17/h9-12,14-15,17,19,21,24,36,38H,5-8,13,29H2,1-4H3,(H,33,39)/t19?,21-,24?,27-,44?/m1/s1. The van der Waals surface area contributed by atoms with Crippen molar-refractivity contribution in [2.45, 2.75) is 82.6 Å². The molecule has 2 fully saturated rings. The van der Waals surface area contributed by atoms with E-state index in [1.165, 1.54) is 67.3 Å². The maximum Gasteiger partial charge on any atom is 0.459 e. The van der Waals surface area contributed by atoms with Crippen LogP contribution in [0.5, 0.6) is 5.75 Å². The van der Waals surface area contributed by atoms with Crippen molar-refractivity contribution in [2.24, 2.45) is 5.84 Å². The minimum atomic E-state index is -4.35. The zero-order valence-electron chi connectivity index (χ0n) is 24.8. The number of carbonyl (C=O) groups is 1. The summed E-state index contributed by atoms with van der Waals surface area (Å²) in [7, 11) is -4.35. The van der Waals surface area contributed by atoms with E-state index in [1.54, 1.807) is 0 Å². The van der Waals surface area contributed by atoms with Crippen molar-refractivity contribution in [3.8, 4) is 5.75 Å². The number of imidazole rings is 1. The zero-order valence-corrected chi connectivity index (χ0v) is 26.4. The van der Waals surface area contributed by atoms with Crippen molar-refractivity contribution >= 4 is 42.3 Å². The second kappa shape index (κ2) is 12.5. The average molecular weight is 654 g/mol. The highest BCUT2D eigenvalue weighted by molar-refractivity contribution is 7.52. The average Bonchev–Trinajstić information content (AvgIpc) is 3.47. The molecule has 5 N–H and O–H groups in total. The Morgan fingerprint density at radius 2 is 2.00 bits per heavy atom. The molecule has 0 spiro atoms. The summed E-state index contributed by atoms with van der Waals surface area (Å²) in [6.07, 6.45) is 1.12. The number of esters is 1. The van der Waals surface area contributed by atoms with E-state index in [4.69, 9.17) is 36.0 Å². The Labute approximate surface area is 259 Å². The lowest BCUT2D eigenvalue weighted by Gasteiger charge is -2.33. The first-order valence-electron chi connectivity index (χ1n) is 14.2. The van der Waals surface area contributed by atoms with Crippen LogP contribution in [0.2, 0.25) is 5.02 Å². The van der Waals surface area contributed by atoms with E-state index in [9.17, 15) is 19.6 Å². The van der Waals surface area contributed by atoms with Gasteiger partial charge in [0.2, 0.25) is 0 Å². The Hall–Kier alpha value is -2.88. The predicted molar refractivity (Wildman–Crippen MR) is 160 cm³/mol. The van der Waals surface area contributed by atoms with Crippen molar-refractivity contribution in [2.75, 3.05) is 18.2 Å². The lowest BCUT2D eigenvalue weighted by Crippen LogP contribution is -2.49. The highest BCUT2D eigenvalue weighted by Gasteiger charge is 2.54. The largest absolute Gasteiger partial charge is 0.461 e. The first-order valence-corrected chi connectivity index (χ1v) is 16.1. The predicted octanol–water partition coefficient (Wildman–Crippen LogP) is 2.86. The lowest BCUT2D eigenvalue weighted by atomic mass is 9.96. The molecule has 0 bridgehead atoms. The summed E-state index contributed by atoms with van der Waals surface area (Å²) in [5, 5.41) is 27.0. The van der Waals surface area contributed by atoms with Crippen LogP contribution in [0.3, 0.4) is 0 Å². The van der Waals surface area contributed by atoms with E-state index in [2.05, 4.69) is 20.0 Å². The monoisotopic (exact) mass is 653 g/mol. The third-order valence-electron chi connectivity index (χ3n) is 7.66. The van der Waals surface area contributed by atoms with Gasteiger partial charge in [0.05, 0.1) is 12.9 Å². The number of nitrogens with one attached hydrogen (secondary N) is 1. The molecule has 3 aromatic rings. The van der Waals surface area contributed by atoms with Crippen molar-refractivity contribution in [1.29, 1.82) is 0 Å². The molecule has 1 aromatic carbocycles. The highest BCUT2D eigenvalue weighted by atomic mass is 35.5. The van der Waals surface area contributed by atoms with E-state index < -0.39 is 49.9 Å². The number of hydrogen-bond acceptors (Lipinski definition) is 13. The van der Waals surface area contributed by atoms with E-state index in [0.717, 1.165) is 19.3 Å². The van der Waals surface area contributed by atoms with Gasteiger partial charge in [-0.1, -0.05) is 11.6 Å². The number of fused-ring (bicyclic) bond motifs is 1. The number of aliphatic hydroxyl groups is 2. The second-order valence-electron chi connectivity index (χ2n) is 11.5. The van der Waals surface area contributed by atoms with Crippen molar-refractivity contribution in [3.63, 3.8) is 0 Å². The Morgan fingerprint density at radius 3 is 2.64 bits per heavy atom. The number of ether oxygens (including phenoxy) is 2. The highest BCUT2D eigenvalue weighted by Crippen LogP contribution is 2.48. The smallest absolute Gasteiger partial charge is 0.459 e. The molecule has 5 atom stereocenters. The molecule has 1 aliphatic heterocycles. The number of hydrogen-bond donors (Lipinski definition) is 4. The third-order valence-corrected chi connectivity index (χ3v) is 9.69. The normalized spacial score (nSPS) is 25.4. The van der Waals surface area contributed by atoms with Gasteiger partial charge in [-0.25, -0.2) is 25.4 Å². The maximum absolute atomic E-state index is 14.2. The van der Waals surface area contributed by atoms with Crippen molar-refractivity contribution in [1.82, 2.24) is 24.6 Å². The van der Waals surface area contributed by atoms with E-state index >= 15 is 0 Å². The molecule has 1 saturated carbocycles. The summed E-state index contributed by atoms with van der Waals surface area (Å²) in [5.74, 6) is 5.93.